The molecule has 35 heavy (non-hydrogen) atoms. The number of allylic oxidation sites excluding steroid dienone is 1. The highest BCUT2D eigenvalue weighted by molar-refractivity contribution is 9.10. The SMILES string of the molecule is CCOC(=O)C1=C(C)N(c2ccc(Br)cc2)C(=O)/C1=C\c1cc(C)n(-c2ccc(C)c(Cl)c2)c1C. The van der Waals surface area contributed by atoms with Crippen molar-refractivity contribution >= 4 is 51.2 Å². The summed E-state index contributed by atoms with van der Waals surface area (Å²) in [4.78, 5) is 28.2. The van der Waals surface area contributed by atoms with E-state index in [4.69, 9.17) is 16.3 Å². The fourth-order valence-corrected chi connectivity index (χ4v) is 4.83. The van der Waals surface area contributed by atoms with E-state index in [1.165, 1.54) is 0 Å². The van der Waals surface area contributed by atoms with Crippen molar-refractivity contribution in [2.24, 2.45) is 0 Å². The normalized spacial score (nSPS) is 14.9. The van der Waals surface area contributed by atoms with Crippen LogP contribution in [0.2, 0.25) is 5.02 Å². The Bertz CT molecular complexity index is 1400. The second-order valence-corrected chi connectivity index (χ2v) is 9.77. The number of aryl methyl sites for hydroxylation is 2. The van der Waals surface area contributed by atoms with Crippen LogP contribution in [0.25, 0.3) is 11.8 Å². The quantitative estimate of drug-likeness (QED) is 0.250. The van der Waals surface area contributed by atoms with Gasteiger partial charge in [0.25, 0.3) is 5.91 Å². The van der Waals surface area contributed by atoms with Crippen LogP contribution < -0.4 is 4.90 Å². The van der Waals surface area contributed by atoms with Crippen LogP contribution in [-0.4, -0.2) is 23.1 Å². The monoisotopic (exact) mass is 552 g/mol. The van der Waals surface area contributed by atoms with Crippen LogP contribution in [0.15, 0.2) is 69.8 Å². The second kappa shape index (κ2) is 9.88. The molecule has 2 heterocycles. The van der Waals surface area contributed by atoms with Crippen molar-refractivity contribution in [1.29, 1.82) is 0 Å². The van der Waals surface area contributed by atoms with E-state index in [9.17, 15) is 9.59 Å². The molecule has 180 valence electrons. The Morgan fingerprint density at radius 2 is 1.69 bits per heavy atom. The van der Waals surface area contributed by atoms with E-state index in [1.54, 1.807) is 24.8 Å². The first-order valence-electron chi connectivity index (χ1n) is 11.3. The second-order valence-electron chi connectivity index (χ2n) is 8.45. The molecule has 0 radical (unpaired) electrons. The number of anilines is 1. The average Bonchev–Trinajstić information content (AvgIpc) is 3.22. The first-order chi connectivity index (χ1) is 16.6. The van der Waals surface area contributed by atoms with E-state index in [2.05, 4.69) is 20.5 Å². The molecule has 1 amide bonds. The third-order valence-corrected chi connectivity index (χ3v) is 7.08. The summed E-state index contributed by atoms with van der Waals surface area (Å²) >= 11 is 9.81. The number of amides is 1. The maximum Gasteiger partial charge on any atom is 0.340 e. The lowest BCUT2D eigenvalue weighted by molar-refractivity contribution is -0.138. The van der Waals surface area contributed by atoms with Crippen molar-refractivity contribution in [3.05, 3.63) is 97.4 Å². The van der Waals surface area contributed by atoms with Gasteiger partial charge in [-0.05, 0) is 94.3 Å². The molecule has 1 aliphatic rings. The number of hydrogen-bond acceptors (Lipinski definition) is 3. The van der Waals surface area contributed by atoms with E-state index in [1.807, 2.05) is 69.3 Å². The zero-order chi connectivity index (χ0) is 25.4. The van der Waals surface area contributed by atoms with Crippen molar-refractivity contribution in [2.45, 2.75) is 34.6 Å². The molecule has 0 saturated heterocycles. The molecular formula is C28H26BrClN2O3. The van der Waals surface area contributed by atoms with Crippen molar-refractivity contribution in [3.8, 4) is 5.69 Å². The Hall–Kier alpha value is -3.09. The molecule has 0 aliphatic carbocycles. The minimum atomic E-state index is -0.511. The standard InChI is InChI=1S/C28H26BrClN2O3/c1-6-35-28(34)26-19(5)32(22-11-8-21(29)9-12-22)27(33)24(26)14-20-13-17(3)31(18(20)4)23-10-7-16(2)25(30)15-23/h7-15H,6H2,1-5H3/b24-14-. The van der Waals surface area contributed by atoms with Crippen LogP contribution in [-0.2, 0) is 14.3 Å². The van der Waals surface area contributed by atoms with Gasteiger partial charge in [-0.2, -0.15) is 0 Å². The Balaban J connectivity index is 1.84. The largest absolute Gasteiger partial charge is 0.462 e. The summed E-state index contributed by atoms with van der Waals surface area (Å²) in [7, 11) is 0. The van der Waals surface area contributed by atoms with E-state index in [0.717, 1.165) is 32.7 Å². The summed E-state index contributed by atoms with van der Waals surface area (Å²) in [6, 6.07) is 15.3. The highest BCUT2D eigenvalue weighted by atomic mass is 79.9. The molecular weight excluding hydrogens is 528 g/mol. The minimum Gasteiger partial charge on any atom is -0.462 e. The predicted octanol–water partition coefficient (Wildman–Crippen LogP) is 7.09. The smallest absolute Gasteiger partial charge is 0.340 e. The van der Waals surface area contributed by atoms with Gasteiger partial charge in [0.15, 0.2) is 0 Å². The molecule has 0 bridgehead atoms. The molecule has 3 aromatic rings. The van der Waals surface area contributed by atoms with Crippen LogP contribution in [0.1, 0.15) is 36.4 Å². The number of hydrogen-bond donors (Lipinski definition) is 0. The summed E-state index contributed by atoms with van der Waals surface area (Å²) in [5, 5.41) is 0.689. The number of benzene rings is 2. The first-order valence-corrected chi connectivity index (χ1v) is 12.5. The van der Waals surface area contributed by atoms with Crippen LogP contribution in [0.4, 0.5) is 5.69 Å². The Kier molecular flexibility index (Phi) is 7.06. The fraction of sp³-hybridized carbons (Fsp3) is 0.214. The molecule has 0 N–H and O–H groups in total. The minimum absolute atomic E-state index is 0.220. The van der Waals surface area contributed by atoms with Gasteiger partial charge in [0, 0.05) is 38.0 Å². The Labute approximate surface area is 218 Å². The van der Waals surface area contributed by atoms with E-state index >= 15 is 0 Å². The maximum absolute atomic E-state index is 13.7. The number of carbonyl (C=O) groups excluding carboxylic acids is 2. The van der Waals surface area contributed by atoms with Crippen LogP contribution in [0.5, 0.6) is 0 Å². The van der Waals surface area contributed by atoms with Crippen LogP contribution >= 0.6 is 27.5 Å². The number of carbonyl (C=O) groups is 2. The molecule has 1 aliphatic heterocycles. The fourth-order valence-electron chi connectivity index (χ4n) is 4.39. The number of aromatic nitrogens is 1. The molecule has 0 spiro atoms. The van der Waals surface area contributed by atoms with Crippen molar-refractivity contribution < 1.29 is 14.3 Å². The summed E-state index contributed by atoms with van der Waals surface area (Å²) in [5.41, 5.74) is 6.52. The third kappa shape index (κ3) is 4.60. The topological polar surface area (TPSA) is 51.5 Å². The summed E-state index contributed by atoms with van der Waals surface area (Å²) in [6.45, 7) is 9.69. The summed E-state index contributed by atoms with van der Waals surface area (Å²) < 4.78 is 8.31. The zero-order valence-corrected chi connectivity index (χ0v) is 22.6. The van der Waals surface area contributed by atoms with Gasteiger partial charge in [-0.25, -0.2) is 4.79 Å². The number of rotatable bonds is 5. The average molecular weight is 554 g/mol. The number of nitrogens with zero attached hydrogens (tertiary/aromatic N) is 2. The van der Waals surface area contributed by atoms with Crippen molar-refractivity contribution in [1.82, 2.24) is 4.57 Å². The van der Waals surface area contributed by atoms with Gasteiger partial charge in [0.05, 0.1) is 17.8 Å². The molecule has 2 aromatic carbocycles. The van der Waals surface area contributed by atoms with Gasteiger partial charge < -0.3 is 9.30 Å². The van der Waals surface area contributed by atoms with E-state index < -0.39 is 5.97 Å². The maximum atomic E-state index is 13.7. The van der Waals surface area contributed by atoms with Gasteiger partial charge in [-0.1, -0.05) is 33.6 Å². The highest BCUT2D eigenvalue weighted by Gasteiger charge is 2.38. The number of esters is 1. The Morgan fingerprint density at radius 3 is 2.31 bits per heavy atom. The molecule has 5 nitrogen and oxygen atoms in total. The first kappa shape index (κ1) is 25.0. The van der Waals surface area contributed by atoms with E-state index in [-0.39, 0.29) is 18.1 Å². The molecule has 4 rings (SSSR count). The predicted molar refractivity (Wildman–Crippen MR) is 144 cm³/mol. The highest BCUT2D eigenvalue weighted by Crippen LogP contribution is 2.37. The van der Waals surface area contributed by atoms with Gasteiger partial charge in [-0.15, -0.1) is 0 Å². The van der Waals surface area contributed by atoms with Gasteiger partial charge in [0.2, 0.25) is 0 Å². The summed E-state index contributed by atoms with van der Waals surface area (Å²) in [6.07, 6.45) is 1.78. The number of halogens is 2. The molecule has 0 atom stereocenters. The van der Waals surface area contributed by atoms with Crippen molar-refractivity contribution in [3.63, 3.8) is 0 Å². The van der Waals surface area contributed by atoms with Gasteiger partial charge in [0.1, 0.15) is 0 Å². The zero-order valence-electron chi connectivity index (χ0n) is 20.3. The molecule has 0 saturated carbocycles. The lowest BCUT2D eigenvalue weighted by atomic mass is 10.0. The Morgan fingerprint density at radius 1 is 1.03 bits per heavy atom. The lowest BCUT2D eigenvalue weighted by Crippen LogP contribution is -2.24. The van der Waals surface area contributed by atoms with E-state index in [0.29, 0.717) is 22.0 Å². The van der Waals surface area contributed by atoms with Crippen LogP contribution in [0, 0.1) is 20.8 Å². The molecule has 0 unspecified atom stereocenters. The van der Waals surface area contributed by atoms with Gasteiger partial charge in [-0.3, -0.25) is 9.69 Å². The van der Waals surface area contributed by atoms with Gasteiger partial charge >= 0.3 is 5.97 Å². The summed E-state index contributed by atoms with van der Waals surface area (Å²) in [5.74, 6) is -0.778. The van der Waals surface area contributed by atoms with Crippen molar-refractivity contribution in [2.75, 3.05) is 11.5 Å². The van der Waals surface area contributed by atoms with Crippen LogP contribution in [0.3, 0.4) is 0 Å². The molecule has 1 aromatic heterocycles. The molecule has 0 fully saturated rings. The lowest BCUT2D eigenvalue weighted by Gasteiger charge is -2.18. The number of ether oxygens (including phenoxy) is 1. The molecule has 7 heteroatoms. The third-order valence-electron chi connectivity index (χ3n) is 6.15.